The van der Waals surface area contributed by atoms with E-state index >= 15 is 0 Å². The maximum atomic E-state index is 11.2. The number of sulfone groups is 1. The van der Waals surface area contributed by atoms with Gasteiger partial charge in [0.1, 0.15) is 15.9 Å². The molecule has 0 spiro atoms. The van der Waals surface area contributed by atoms with Crippen molar-refractivity contribution in [2.45, 2.75) is 32.4 Å². The lowest BCUT2D eigenvalue weighted by molar-refractivity contribution is 0.191. The molecule has 0 aliphatic rings. The van der Waals surface area contributed by atoms with Crippen LogP contribution in [-0.2, 0) is 9.84 Å². The first kappa shape index (κ1) is 23.9. The summed E-state index contributed by atoms with van der Waals surface area (Å²) in [4.78, 5) is 5.11. The molecule has 0 aliphatic heterocycles. The van der Waals surface area contributed by atoms with Crippen LogP contribution in [0, 0.1) is 0 Å². The number of rotatable bonds is 8. The molecule has 6 nitrogen and oxygen atoms in total. The number of hydrogen-bond donors (Lipinski definition) is 3. The van der Waals surface area contributed by atoms with E-state index in [1.165, 1.54) is 17.6 Å². The minimum atomic E-state index is -2.98. The van der Waals surface area contributed by atoms with E-state index in [2.05, 4.69) is 15.6 Å². The molecular formula is C14H25ClIN3O3S2. The molecule has 0 amide bonds. The Labute approximate surface area is 170 Å². The number of hydrogen-bond acceptors (Lipinski definition) is 5. The van der Waals surface area contributed by atoms with E-state index in [1.807, 2.05) is 13.8 Å². The quantitative estimate of drug-likeness (QED) is 0.284. The van der Waals surface area contributed by atoms with Gasteiger partial charge in [-0.15, -0.1) is 35.3 Å². The van der Waals surface area contributed by atoms with Crippen molar-refractivity contribution >= 4 is 62.7 Å². The number of aliphatic hydroxyl groups is 1. The molecule has 0 aliphatic carbocycles. The molecule has 3 N–H and O–H groups in total. The summed E-state index contributed by atoms with van der Waals surface area (Å²) in [6.45, 7) is 4.71. The topological polar surface area (TPSA) is 90.8 Å². The molecule has 0 fully saturated rings. The van der Waals surface area contributed by atoms with Crippen molar-refractivity contribution in [3.8, 4) is 0 Å². The van der Waals surface area contributed by atoms with Crippen molar-refractivity contribution in [3.05, 3.63) is 21.3 Å². The van der Waals surface area contributed by atoms with Crippen LogP contribution in [-0.4, -0.2) is 50.6 Å². The number of halogens is 2. The molecule has 0 bridgehead atoms. The fourth-order valence-corrected chi connectivity index (χ4v) is 3.61. The lowest BCUT2D eigenvalue weighted by atomic mass is 10.2. The molecule has 1 aromatic rings. The molecular weight excluding hydrogens is 485 g/mol. The second-order valence-electron chi connectivity index (χ2n) is 5.34. The van der Waals surface area contributed by atoms with Gasteiger partial charge in [-0.3, -0.25) is 4.99 Å². The number of nitrogens with zero attached hydrogens (tertiary/aromatic N) is 1. The minimum Gasteiger partial charge on any atom is -0.386 e. The maximum absolute atomic E-state index is 11.2. The molecule has 0 radical (unpaired) electrons. The van der Waals surface area contributed by atoms with Crippen LogP contribution >= 0.6 is 46.9 Å². The smallest absolute Gasteiger partial charge is 0.191 e. The Bertz CT molecular complexity index is 623. The maximum Gasteiger partial charge on any atom is 0.191 e. The van der Waals surface area contributed by atoms with E-state index in [4.69, 9.17) is 11.6 Å². The summed E-state index contributed by atoms with van der Waals surface area (Å²) >= 11 is 7.18. The Kier molecular flexibility index (Phi) is 11.5. The van der Waals surface area contributed by atoms with Crippen LogP contribution in [0.25, 0.3) is 0 Å². The Morgan fingerprint density at radius 1 is 1.46 bits per heavy atom. The second kappa shape index (κ2) is 11.5. The summed E-state index contributed by atoms with van der Waals surface area (Å²) < 4.78 is 23.0. The first-order valence-corrected chi connectivity index (χ1v) is 10.6. The lowest BCUT2D eigenvalue weighted by Crippen LogP contribution is -2.43. The van der Waals surface area contributed by atoms with Gasteiger partial charge in [-0.25, -0.2) is 8.42 Å². The molecule has 0 aromatic carbocycles. The number of aliphatic imine (C=N–C) groups is 1. The number of aliphatic hydroxyl groups excluding tert-OH is 1. The Hall–Kier alpha value is -0.100. The van der Waals surface area contributed by atoms with Gasteiger partial charge < -0.3 is 15.7 Å². The van der Waals surface area contributed by atoms with Gasteiger partial charge in [0, 0.05) is 23.7 Å². The molecule has 1 aromatic heterocycles. The van der Waals surface area contributed by atoms with Crippen molar-refractivity contribution in [1.82, 2.24) is 10.6 Å². The van der Waals surface area contributed by atoms with E-state index in [0.717, 1.165) is 4.88 Å². The van der Waals surface area contributed by atoms with Gasteiger partial charge in [0.25, 0.3) is 0 Å². The van der Waals surface area contributed by atoms with Crippen LogP contribution in [0.1, 0.15) is 31.2 Å². The van der Waals surface area contributed by atoms with E-state index in [-0.39, 0.29) is 42.3 Å². The van der Waals surface area contributed by atoms with E-state index in [0.29, 0.717) is 23.3 Å². The average Bonchev–Trinajstić information content (AvgIpc) is 2.88. The first-order chi connectivity index (χ1) is 10.7. The van der Waals surface area contributed by atoms with Crippen LogP contribution in [0.2, 0.25) is 4.34 Å². The van der Waals surface area contributed by atoms with Crippen molar-refractivity contribution in [2.24, 2.45) is 4.99 Å². The van der Waals surface area contributed by atoms with Gasteiger partial charge in [-0.2, -0.15) is 0 Å². The van der Waals surface area contributed by atoms with Crippen LogP contribution in [0.15, 0.2) is 17.1 Å². The largest absolute Gasteiger partial charge is 0.386 e. The summed E-state index contributed by atoms with van der Waals surface area (Å²) in [6.07, 6.45) is 1.00. The van der Waals surface area contributed by atoms with Crippen LogP contribution in [0.3, 0.4) is 0 Å². The van der Waals surface area contributed by atoms with Gasteiger partial charge in [0.2, 0.25) is 0 Å². The van der Waals surface area contributed by atoms with Gasteiger partial charge in [0.15, 0.2) is 5.96 Å². The molecule has 1 heterocycles. The van der Waals surface area contributed by atoms with Crippen molar-refractivity contribution in [1.29, 1.82) is 0 Å². The summed E-state index contributed by atoms with van der Waals surface area (Å²) in [5, 5.41) is 16.3. The fourth-order valence-electron chi connectivity index (χ4n) is 1.79. The van der Waals surface area contributed by atoms with Crippen LogP contribution in [0.4, 0.5) is 0 Å². The summed E-state index contributed by atoms with van der Waals surface area (Å²) in [5.74, 6) is 0.673. The van der Waals surface area contributed by atoms with E-state index in [1.54, 1.807) is 12.1 Å². The molecule has 24 heavy (non-hydrogen) atoms. The summed E-state index contributed by atoms with van der Waals surface area (Å²) in [5.41, 5.74) is 0. The van der Waals surface area contributed by atoms with E-state index in [9.17, 15) is 13.5 Å². The summed E-state index contributed by atoms with van der Waals surface area (Å²) in [6, 6.07) is 3.48. The van der Waals surface area contributed by atoms with Crippen molar-refractivity contribution in [3.63, 3.8) is 0 Å². The molecule has 1 rings (SSSR count). The van der Waals surface area contributed by atoms with Crippen molar-refractivity contribution in [2.75, 3.05) is 25.1 Å². The van der Waals surface area contributed by atoms with Crippen molar-refractivity contribution < 1.29 is 13.5 Å². The van der Waals surface area contributed by atoms with Gasteiger partial charge in [0.05, 0.1) is 16.6 Å². The zero-order valence-electron chi connectivity index (χ0n) is 14.0. The Morgan fingerprint density at radius 2 is 2.12 bits per heavy atom. The predicted octanol–water partition coefficient (Wildman–Crippen LogP) is 2.43. The standard InChI is InChI=1S/C14H24ClN3O3S2.HI/c1-4-16-14(18-10(2)7-8-23(3,20)21)17-9-11(19)12-5-6-13(15)22-12;/h5-6,10-11,19H,4,7-9H2,1-3H3,(H2,16,17,18);1H. The number of thiophene rings is 1. The highest BCUT2D eigenvalue weighted by molar-refractivity contribution is 14.0. The summed E-state index contributed by atoms with van der Waals surface area (Å²) in [7, 11) is -2.98. The first-order valence-electron chi connectivity index (χ1n) is 7.37. The molecule has 2 unspecified atom stereocenters. The second-order valence-corrected chi connectivity index (χ2v) is 9.35. The molecule has 0 saturated heterocycles. The third-order valence-corrected chi connectivity index (χ3v) is 5.30. The Morgan fingerprint density at radius 3 is 2.62 bits per heavy atom. The van der Waals surface area contributed by atoms with Crippen LogP contribution in [0.5, 0.6) is 0 Å². The minimum absolute atomic E-state index is 0. The lowest BCUT2D eigenvalue weighted by Gasteiger charge is -2.18. The molecule has 0 saturated carbocycles. The highest BCUT2D eigenvalue weighted by Crippen LogP contribution is 2.26. The normalized spacial score (nSPS) is 14.6. The average molecular weight is 510 g/mol. The van der Waals surface area contributed by atoms with Crippen LogP contribution < -0.4 is 10.6 Å². The predicted molar refractivity (Wildman–Crippen MR) is 113 cm³/mol. The van der Waals surface area contributed by atoms with E-state index < -0.39 is 15.9 Å². The molecule has 140 valence electrons. The fraction of sp³-hybridized carbons (Fsp3) is 0.643. The number of nitrogens with one attached hydrogen (secondary N) is 2. The Balaban J connectivity index is 0.00000529. The SMILES string of the molecule is CCNC(=NCC(O)c1ccc(Cl)s1)NC(C)CCS(C)(=O)=O.I. The monoisotopic (exact) mass is 509 g/mol. The van der Waals surface area contributed by atoms with Gasteiger partial charge in [-0.1, -0.05) is 11.6 Å². The number of guanidine groups is 1. The highest BCUT2D eigenvalue weighted by Gasteiger charge is 2.12. The third kappa shape index (κ3) is 10.0. The molecule has 10 heteroatoms. The molecule has 2 atom stereocenters. The third-order valence-electron chi connectivity index (χ3n) is 2.99. The zero-order valence-corrected chi connectivity index (χ0v) is 18.7. The van der Waals surface area contributed by atoms with Gasteiger partial charge in [-0.05, 0) is 32.4 Å². The highest BCUT2D eigenvalue weighted by atomic mass is 127. The zero-order chi connectivity index (χ0) is 17.5. The van der Waals surface area contributed by atoms with Gasteiger partial charge >= 0.3 is 0 Å².